The first-order valence-electron chi connectivity index (χ1n) is 13.3. The Hall–Kier alpha value is -0.520. The van der Waals surface area contributed by atoms with Crippen molar-refractivity contribution in [3.05, 3.63) is 0 Å². The monoisotopic (exact) mass is 430 g/mol. The molecule has 0 aromatic rings. The van der Waals surface area contributed by atoms with Crippen LogP contribution in [0, 0.1) is 64.6 Å². The lowest BCUT2D eigenvalue weighted by Crippen LogP contribution is -2.84. The number of fused-ring (bicyclic) bond motifs is 4. The maximum absolute atomic E-state index is 10.6. The van der Waals surface area contributed by atoms with Crippen LogP contribution >= 0.6 is 0 Å². The maximum atomic E-state index is 10.6. The molecule has 0 aliphatic heterocycles. The molecule has 2 heteroatoms. The highest BCUT2D eigenvalue weighted by molar-refractivity contribution is 5.32. The quantitative estimate of drug-likeness (QED) is 0.376. The van der Waals surface area contributed by atoms with E-state index in [2.05, 4.69) is 40.5 Å². The molecule has 2 nitrogen and oxygen atoms in total. The van der Waals surface area contributed by atoms with E-state index in [0.29, 0.717) is 28.3 Å². The third kappa shape index (κ3) is 3.19. The molecule has 0 radical (unpaired) electrons. The SMILES string of the molecule is C#C.CC.CC[C@H]1CCC2C3[C@@H](OC(C)(C)O)C4C5CCC(C)C[C@]5(C)[C@@]34CC[C@@]21C. The van der Waals surface area contributed by atoms with Crippen LogP contribution in [0.5, 0.6) is 0 Å². The van der Waals surface area contributed by atoms with Gasteiger partial charge in [-0.2, -0.15) is 0 Å². The lowest BCUT2D eigenvalue weighted by Gasteiger charge is -2.86. The third-order valence-electron chi connectivity index (χ3n) is 11.0. The molecule has 0 aromatic heterocycles. The minimum atomic E-state index is -0.999. The molecule has 178 valence electrons. The van der Waals surface area contributed by atoms with E-state index in [1.165, 1.54) is 51.4 Å². The van der Waals surface area contributed by atoms with Crippen LogP contribution < -0.4 is 0 Å². The summed E-state index contributed by atoms with van der Waals surface area (Å²) in [5.74, 6) is 3.85. The summed E-state index contributed by atoms with van der Waals surface area (Å²) in [6, 6.07) is 0. The first kappa shape index (κ1) is 25.1. The average Bonchev–Trinajstić information content (AvgIpc) is 3.05. The zero-order valence-corrected chi connectivity index (χ0v) is 21.7. The van der Waals surface area contributed by atoms with Crippen molar-refractivity contribution in [1.82, 2.24) is 0 Å². The molecule has 0 amide bonds. The minimum Gasteiger partial charge on any atom is -0.366 e. The van der Waals surface area contributed by atoms with Gasteiger partial charge in [0.1, 0.15) is 0 Å². The van der Waals surface area contributed by atoms with Crippen molar-refractivity contribution >= 4 is 0 Å². The van der Waals surface area contributed by atoms with Gasteiger partial charge in [-0.05, 0) is 104 Å². The summed E-state index contributed by atoms with van der Waals surface area (Å²) in [6.45, 7) is 17.9. The predicted octanol–water partition coefficient (Wildman–Crippen LogP) is 7.30. The third-order valence-corrected chi connectivity index (χ3v) is 11.0. The van der Waals surface area contributed by atoms with Crippen LogP contribution in [0.1, 0.15) is 107 Å². The van der Waals surface area contributed by atoms with Crippen LogP contribution in [-0.4, -0.2) is 17.0 Å². The lowest BCUT2D eigenvalue weighted by molar-refractivity contribution is -0.431. The fourth-order valence-electron chi connectivity index (χ4n) is 10.2. The van der Waals surface area contributed by atoms with Gasteiger partial charge in [-0.1, -0.05) is 54.4 Å². The number of hydrogen-bond donors (Lipinski definition) is 1. The Bertz CT molecular complexity index is 661. The molecule has 0 bridgehead atoms. The van der Waals surface area contributed by atoms with Crippen LogP contribution in [0.3, 0.4) is 0 Å². The van der Waals surface area contributed by atoms with Crippen molar-refractivity contribution in [2.24, 2.45) is 51.8 Å². The van der Waals surface area contributed by atoms with E-state index in [9.17, 15) is 5.11 Å². The molecular formula is C29H50O2. The molecule has 0 saturated heterocycles. The van der Waals surface area contributed by atoms with Gasteiger partial charge in [0.15, 0.2) is 5.79 Å². The second kappa shape index (κ2) is 8.36. The normalized spacial score (nSPS) is 51.6. The van der Waals surface area contributed by atoms with Gasteiger partial charge in [0.2, 0.25) is 0 Å². The Balaban J connectivity index is 0.000000645. The Kier molecular flexibility index (Phi) is 6.77. The molecule has 5 aliphatic carbocycles. The van der Waals surface area contributed by atoms with Gasteiger partial charge in [-0.3, -0.25) is 0 Å². The molecule has 5 unspecified atom stereocenters. The molecule has 5 fully saturated rings. The molecule has 0 aromatic carbocycles. The van der Waals surface area contributed by atoms with Crippen molar-refractivity contribution in [3.8, 4) is 12.8 Å². The fourth-order valence-corrected chi connectivity index (χ4v) is 10.2. The number of aliphatic hydroxyl groups is 1. The summed E-state index contributed by atoms with van der Waals surface area (Å²) < 4.78 is 6.47. The average molecular weight is 431 g/mol. The fraction of sp³-hybridized carbons (Fsp3) is 0.931. The van der Waals surface area contributed by atoms with Gasteiger partial charge < -0.3 is 9.84 Å². The van der Waals surface area contributed by atoms with E-state index in [1.54, 1.807) is 0 Å². The maximum Gasteiger partial charge on any atom is 0.160 e. The summed E-state index contributed by atoms with van der Waals surface area (Å²) in [6.07, 6.45) is 19.5. The lowest BCUT2D eigenvalue weighted by atomic mass is 9.20. The Morgan fingerprint density at radius 2 is 1.55 bits per heavy atom. The van der Waals surface area contributed by atoms with Crippen molar-refractivity contribution < 1.29 is 9.84 Å². The summed E-state index contributed by atoms with van der Waals surface area (Å²) >= 11 is 0. The molecule has 5 rings (SSSR count). The van der Waals surface area contributed by atoms with E-state index in [0.717, 1.165) is 29.6 Å². The van der Waals surface area contributed by atoms with Crippen LogP contribution in [0.2, 0.25) is 0 Å². The largest absolute Gasteiger partial charge is 0.366 e. The van der Waals surface area contributed by atoms with Gasteiger partial charge in [0.05, 0.1) is 6.10 Å². The molecular weight excluding hydrogens is 380 g/mol. The number of ether oxygens (including phenoxy) is 1. The van der Waals surface area contributed by atoms with E-state index >= 15 is 0 Å². The van der Waals surface area contributed by atoms with Crippen LogP contribution in [0.4, 0.5) is 0 Å². The van der Waals surface area contributed by atoms with E-state index < -0.39 is 5.79 Å². The predicted molar refractivity (Wildman–Crippen MR) is 130 cm³/mol. The molecule has 31 heavy (non-hydrogen) atoms. The zero-order valence-electron chi connectivity index (χ0n) is 21.7. The molecule has 5 saturated carbocycles. The van der Waals surface area contributed by atoms with Crippen LogP contribution in [-0.2, 0) is 4.74 Å². The summed E-state index contributed by atoms with van der Waals surface area (Å²) in [5.41, 5.74) is 1.57. The van der Waals surface area contributed by atoms with Crippen LogP contribution in [0.25, 0.3) is 0 Å². The zero-order chi connectivity index (χ0) is 23.4. The summed E-state index contributed by atoms with van der Waals surface area (Å²) in [5, 5.41) is 10.6. The minimum absolute atomic E-state index is 0.303. The first-order chi connectivity index (χ1) is 14.6. The van der Waals surface area contributed by atoms with Crippen molar-refractivity contribution in [2.75, 3.05) is 0 Å². The summed E-state index contributed by atoms with van der Waals surface area (Å²) in [7, 11) is 0. The topological polar surface area (TPSA) is 29.5 Å². The molecule has 5 aliphatic rings. The van der Waals surface area contributed by atoms with E-state index in [4.69, 9.17) is 4.74 Å². The van der Waals surface area contributed by atoms with Gasteiger partial charge in [0.25, 0.3) is 0 Å². The highest BCUT2D eigenvalue weighted by Crippen LogP contribution is 2.87. The van der Waals surface area contributed by atoms with E-state index in [1.807, 2.05) is 27.7 Å². The molecule has 10 atom stereocenters. The van der Waals surface area contributed by atoms with Crippen molar-refractivity contribution in [3.63, 3.8) is 0 Å². The van der Waals surface area contributed by atoms with E-state index in [-0.39, 0.29) is 0 Å². The second-order valence-electron chi connectivity index (χ2n) is 12.3. The molecule has 0 heterocycles. The Morgan fingerprint density at radius 3 is 2.13 bits per heavy atom. The van der Waals surface area contributed by atoms with Crippen LogP contribution in [0.15, 0.2) is 0 Å². The Labute approximate surface area is 193 Å². The summed E-state index contributed by atoms with van der Waals surface area (Å²) in [4.78, 5) is 0. The van der Waals surface area contributed by atoms with Gasteiger partial charge in [-0.15, -0.1) is 12.8 Å². The van der Waals surface area contributed by atoms with Gasteiger partial charge in [-0.25, -0.2) is 0 Å². The molecule has 1 N–H and O–H groups in total. The number of hydrogen-bond acceptors (Lipinski definition) is 2. The standard InChI is InChI=1S/C25H42O2.C2H6.C2H2/c1-7-16-9-11-17-19-21(27-22(3,4)26)20-18-10-8-15(2)14-24(18,6)25(19,20)13-12-23(16,17)5;2*1-2/h15-21,26H,7-14H2,1-6H3;1-2H3;1-2H/t15?,16-,17?,18?,19?,20?,21+,23+,24-,25-;;/m0../s1. The van der Waals surface area contributed by atoms with Crippen molar-refractivity contribution in [1.29, 1.82) is 0 Å². The molecule has 1 spiro atoms. The van der Waals surface area contributed by atoms with Gasteiger partial charge in [0, 0.05) is 0 Å². The first-order valence-corrected chi connectivity index (χ1v) is 13.3. The smallest absolute Gasteiger partial charge is 0.160 e. The highest BCUT2D eigenvalue weighted by Gasteiger charge is 2.84. The second-order valence-corrected chi connectivity index (χ2v) is 12.3. The number of terminal acetylenes is 1. The Morgan fingerprint density at radius 1 is 0.968 bits per heavy atom. The number of rotatable bonds is 3. The van der Waals surface area contributed by atoms with Gasteiger partial charge >= 0.3 is 0 Å². The van der Waals surface area contributed by atoms with Crippen molar-refractivity contribution in [2.45, 2.75) is 119 Å². The highest BCUT2D eigenvalue weighted by atomic mass is 16.6.